The van der Waals surface area contributed by atoms with Crippen molar-refractivity contribution in [3.8, 4) is 0 Å². The zero-order valence-corrected chi connectivity index (χ0v) is 12.0. The van der Waals surface area contributed by atoms with Gasteiger partial charge in [0.05, 0.1) is 0 Å². The molecule has 100 valence electrons. The van der Waals surface area contributed by atoms with Crippen LogP contribution in [0.5, 0.6) is 0 Å². The predicted octanol–water partition coefficient (Wildman–Crippen LogP) is 4.57. The largest absolute Gasteiger partial charge is 0.325 e. The number of hydrogen-bond acceptors (Lipinski definition) is 1. The van der Waals surface area contributed by atoms with Crippen LogP contribution >= 0.6 is 11.6 Å². The smallest absolute Gasteiger partial charge is 0.0406 e. The van der Waals surface area contributed by atoms with Crippen molar-refractivity contribution in [2.75, 3.05) is 0 Å². The molecule has 1 aliphatic carbocycles. The average molecular weight is 266 g/mol. The molecular weight excluding hydrogens is 242 g/mol. The first kappa shape index (κ1) is 13.9. The maximum Gasteiger partial charge on any atom is 0.0406 e. The van der Waals surface area contributed by atoms with Crippen molar-refractivity contribution in [2.24, 2.45) is 11.7 Å². The minimum Gasteiger partial charge on any atom is -0.325 e. The van der Waals surface area contributed by atoms with Crippen molar-refractivity contribution in [3.05, 3.63) is 34.9 Å². The topological polar surface area (TPSA) is 26.0 Å². The van der Waals surface area contributed by atoms with Gasteiger partial charge < -0.3 is 5.73 Å². The van der Waals surface area contributed by atoms with E-state index in [1.54, 1.807) is 0 Å². The molecule has 0 aliphatic heterocycles. The molecule has 0 unspecified atom stereocenters. The number of rotatable bonds is 4. The van der Waals surface area contributed by atoms with E-state index in [-0.39, 0.29) is 5.54 Å². The third kappa shape index (κ3) is 3.73. The highest BCUT2D eigenvalue weighted by atomic mass is 35.5. The maximum absolute atomic E-state index is 6.55. The first-order valence-corrected chi connectivity index (χ1v) is 7.52. The molecule has 0 atom stereocenters. The van der Waals surface area contributed by atoms with Crippen LogP contribution in [0.2, 0.25) is 5.02 Å². The van der Waals surface area contributed by atoms with Crippen molar-refractivity contribution >= 4 is 11.6 Å². The molecule has 0 saturated heterocycles. The van der Waals surface area contributed by atoms with Crippen LogP contribution in [0.4, 0.5) is 0 Å². The summed E-state index contributed by atoms with van der Waals surface area (Å²) in [6.07, 6.45) is 8.61. The molecule has 2 N–H and O–H groups in total. The van der Waals surface area contributed by atoms with Crippen LogP contribution < -0.4 is 5.73 Å². The lowest BCUT2D eigenvalue weighted by atomic mass is 9.73. The quantitative estimate of drug-likeness (QED) is 0.848. The minimum atomic E-state index is 0.0120. The summed E-state index contributed by atoms with van der Waals surface area (Å²) in [5.74, 6) is 0.914. The van der Waals surface area contributed by atoms with Gasteiger partial charge in [0.1, 0.15) is 0 Å². The predicted molar refractivity (Wildman–Crippen MR) is 78.9 cm³/mol. The van der Waals surface area contributed by atoms with E-state index in [0.717, 1.165) is 17.4 Å². The molecule has 2 heteroatoms. The summed E-state index contributed by atoms with van der Waals surface area (Å²) in [5, 5.41) is 0.802. The van der Waals surface area contributed by atoms with Gasteiger partial charge in [-0.15, -0.1) is 0 Å². The average Bonchev–Trinajstić information content (AvgIpc) is 2.36. The van der Waals surface area contributed by atoms with Crippen molar-refractivity contribution in [1.82, 2.24) is 0 Å². The maximum atomic E-state index is 6.55. The second-order valence-corrected chi connectivity index (χ2v) is 6.33. The third-order valence-electron chi connectivity index (χ3n) is 4.27. The first-order chi connectivity index (χ1) is 8.61. The van der Waals surface area contributed by atoms with Gasteiger partial charge in [0.25, 0.3) is 0 Å². The molecule has 1 saturated carbocycles. The third-order valence-corrected chi connectivity index (χ3v) is 4.52. The summed E-state index contributed by atoms with van der Waals surface area (Å²) in [7, 11) is 0. The SMILES string of the molecule is CCCC1CCC(N)(Cc2ccc(Cl)cc2)CC1. The highest BCUT2D eigenvalue weighted by Crippen LogP contribution is 2.34. The Morgan fingerprint density at radius 3 is 2.39 bits per heavy atom. The second kappa shape index (κ2) is 6.08. The number of hydrogen-bond donors (Lipinski definition) is 1. The van der Waals surface area contributed by atoms with Crippen LogP contribution in [0.3, 0.4) is 0 Å². The molecule has 1 aromatic carbocycles. The van der Waals surface area contributed by atoms with Crippen molar-refractivity contribution in [3.63, 3.8) is 0 Å². The fourth-order valence-electron chi connectivity index (χ4n) is 3.13. The van der Waals surface area contributed by atoms with Crippen LogP contribution in [0.25, 0.3) is 0 Å². The lowest BCUT2D eigenvalue weighted by molar-refractivity contribution is 0.223. The Morgan fingerprint density at radius 2 is 1.83 bits per heavy atom. The summed E-state index contributed by atoms with van der Waals surface area (Å²) in [6.45, 7) is 2.28. The number of halogens is 1. The zero-order valence-electron chi connectivity index (χ0n) is 11.3. The molecule has 1 aliphatic rings. The van der Waals surface area contributed by atoms with Gasteiger partial charge in [-0.3, -0.25) is 0 Å². The molecule has 0 amide bonds. The molecule has 1 aromatic rings. The monoisotopic (exact) mass is 265 g/mol. The zero-order chi connectivity index (χ0) is 13.0. The molecule has 18 heavy (non-hydrogen) atoms. The highest BCUT2D eigenvalue weighted by molar-refractivity contribution is 6.30. The molecule has 1 nitrogen and oxygen atoms in total. The van der Waals surface area contributed by atoms with Gasteiger partial charge in [-0.2, -0.15) is 0 Å². The van der Waals surface area contributed by atoms with Gasteiger partial charge in [-0.25, -0.2) is 0 Å². The molecule has 0 radical (unpaired) electrons. The molecular formula is C16H24ClN. The van der Waals surface area contributed by atoms with Crippen molar-refractivity contribution in [2.45, 2.75) is 57.4 Å². The summed E-state index contributed by atoms with van der Waals surface area (Å²) in [5.41, 5.74) is 7.88. The van der Waals surface area contributed by atoms with Crippen LogP contribution in [0.1, 0.15) is 51.0 Å². The standard InChI is InChI=1S/C16H24ClN/c1-2-3-13-8-10-16(18,11-9-13)12-14-4-6-15(17)7-5-14/h4-7,13H,2-3,8-12,18H2,1H3. The van der Waals surface area contributed by atoms with E-state index in [1.807, 2.05) is 12.1 Å². The summed E-state index contributed by atoms with van der Waals surface area (Å²) in [6, 6.07) is 8.13. The normalized spacial score (nSPS) is 28.3. The van der Waals surface area contributed by atoms with E-state index in [9.17, 15) is 0 Å². The first-order valence-electron chi connectivity index (χ1n) is 7.15. The summed E-state index contributed by atoms with van der Waals surface area (Å²) >= 11 is 5.91. The molecule has 0 aromatic heterocycles. The Morgan fingerprint density at radius 1 is 1.22 bits per heavy atom. The van der Waals surface area contributed by atoms with E-state index < -0.39 is 0 Å². The van der Waals surface area contributed by atoms with Crippen molar-refractivity contribution in [1.29, 1.82) is 0 Å². The fourth-order valence-corrected chi connectivity index (χ4v) is 3.26. The Bertz CT molecular complexity index is 363. The van der Waals surface area contributed by atoms with Gasteiger partial charge in [-0.1, -0.05) is 43.5 Å². The van der Waals surface area contributed by atoms with E-state index in [4.69, 9.17) is 17.3 Å². The van der Waals surface area contributed by atoms with E-state index in [1.165, 1.54) is 44.1 Å². The molecule has 1 fully saturated rings. The Kier molecular flexibility index (Phi) is 4.69. The Labute approximate surface area is 116 Å². The van der Waals surface area contributed by atoms with Crippen molar-refractivity contribution < 1.29 is 0 Å². The lowest BCUT2D eigenvalue weighted by Gasteiger charge is -2.37. The van der Waals surface area contributed by atoms with Gasteiger partial charge in [-0.05, 0) is 55.7 Å². The highest BCUT2D eigenvalue weighted by Gasteiger charge is 2.31. The lowest BCUT2D eigenvalue weighted by Crippen LogP contribution is -2.45. The Balaban J connectivity index is 1.91. The minimum absolute atomic E-state index is 0.0120. The molecule has 2 rings (SSSR count). The van der Waals surface area contributed by atoms with E-state index >= 15 is 0 Å². The van der Waals surface area contributed by atoms with Gasteiger partial charge in [0, 0.05) is 10.6 Å². The molecule has 0 heterocycles. The molecule has 0 bridgehead atoms. The van der Waals surface area contributed by atoms with E-state index in [0.29, 0.717) is 0 Å². The van der Waals surface area contributed by atoms with Gasteiger partial charge in [0.15, 0.2) is 0 Å². The Hall–Kier alpha value is -0.530. The van der Waals surface area contributed by atoms with Crippen LogP contribution in [0, 0.1) is 5.92 Å². The fraction of sp³-hybridized carbons (Fsp3) is 0.625. The van der Waals surface area contributed by atoms with Crippen LogP contribution in [-0.2, 0) is 6.42 Å². The number of nitrogens with two attached hydrogens (primary N) is 1. The molecule has 0 spiro atoms. The van der Waals surface area contributed by atoms with Gasteiger partial charge >= 0.3 is 0 Å². The summed E-state index contributed by atoms with van der Waals surface area (Å²) in [4.78, 5) is 0. The van der Waals surface area contributed by atoms with Crippen LogP contribution in [0.15, 0.2) is 24.3 Å². The van der Waals surface area contributed by atoms with Gasteiger partial charge in [0.2, 0.25) is 0 Å². The second-order valence-electron chi connectivity index (χ2n) is 5.90. The summed E-state index contributed by atoms with van der Waals surface area (Å²) < 4.78 is 0. The number of benzene rings is 1. The van der Waals surface area contributed by atoms with E-state index in [2.05, 4.69) is 19.1 Å². The van der Waals surface area contributed by atoms with Crippen LogP contribution in [-0.4, -0.2) is 5.54 Å².